The fourth-order valence-corrected chi connectivity index (χ4v) is 4.77. The van der Waals surface area contributed by atoms with Crippen LogP contribution >= 0.6 is 0 Å². The normalized spacial score (nSPS) is 29.0. The van der Waals surface area contributed by atoms with Crippen LogP contribution in [0.25, 0.3) is 0 Å². The number of anilines is 1. The summed E-state index contributed by atoms with van der Waals surface area (Å²) in [6.07, 6.45) is 7.58. The summed E-state index contributed by atoms with van der Waals surface area (Å²) < 4.78 is 11.4. The first-order valence-corrected chi connectivity index (χ1v) is 9.37. The third kappa shape index (κ3) is 2.89. The number of nitrogen functional groups attached to an aromatic ring is 1. The molecular weight excluding hydrogens is 332 g/mol. The van der Waals surface area contributed by atoms with Crippen molar-refractivity contribution >= 4 is 11.9 Å². The van der Waals surface area contributed by atoms with E-state index in [-0.39, 0.29) is 23.3 Å². The number of nitrogens with two attached hydrogens (primary N) is 1. The summed E-state index contributed by atoms with van der Waals surface area (Å²) in [6, 6.07) is 0.152. The van der Waals surface area contributed by atoms with Gasteiger partial charge >= 0.3 is 0 Å². The Bertz CT molecular complexity index is 731. The molecule has 2 saturated heterocycles. The number of rotatable bonds is 2. The van der Waals surface area contributed by atoms with Gasteiger partial charge in [0.25, 0.3) is 5.91 Å². The number of likely N-dealkylation sites (tertiary alicyclic amines) is 1. The van der Waals surface area contributed by atoms with Crippen molar-refractivity contribution in [3.8, 4) is 0 Å². The van der Waals surface area contributed by atoms with Gasteiger partial charge in [0, 0.05) is 30.8 Å². The molecule has 0 spiro atoms. The highest BCUT2D eigenvalue weighted by Gasteiger charge is 2.50. The number of amides is 1. The van der Waals surface area contributed by atoms with Gasteiger partial charge in [-0.1, -0.05) is 11.6 Å². The van der Waals surface area contributed by atoms with Gasteiger partial charge in [-0.05, 0) is 32.6 Å². The van der Waals surface area contributed by atoms with Crippen LogP contribution in [0.5, 0.6) is 0 Å². The van der Waals surface area contributed by atoms with E-state index in [4.69, 9.17) is 15.2 Å². The molecule has 0 unspecified atom stereocenters. The molecule has 0 radical (unpaired) electrons. The summed E-state index contributed by atoms with van der Waals surface area (Å²) in [5, 5.41) is 0. The average Bonchev–Trinajstić information content (AvgIpc) is 2.67. The van der Waals surface area contributed by atoms with E-state index < -0.39 is 0 Å². The van der Waals surface area contributed by atoms with Crippen molar-refractivity contribution in [2.45, 2.75) is 38.6 Å². The zero-order chi connectivity index (χ0) is 18.1. The van der Waals surface area contributed by atoms with Gasteiger partial charge in [0.2, 0.25) is 5.95 Å². The first kappa shape index (κ1) is 17.4. The number of hydrogen-bond acceptors (Lipinski definition) is 6. The van der Waals surface area contributed by atoms with Crippen LogP contribution in [-0.2, 0) is 9.47 Å². The van der Waals surface area contributed by atoms with Crippen LogP contribution in [0.4, 0.5) is 5.95 Å². The second-order valence-corrected chi connectivity index (χ2v) is 7.40. The molecule has 3 aliphatic rings. The van der Waals surface area contributed by atoms with Crippen LogP contribution in [0.2, 0.25) is 0 Å². The number of ether oxygens (including phenoxy) is 2. The molecule has 4 heterocycles. The van der Waals surface area contributed by atoms with Crippen molar-refractivity contribution in [1.29, 1.82) is 0 Å². The van der Waals surface area contributed by atoms with Gasteiger partial charge in [-0.25, -0.2) is 9.97 Å². The van der Waals surface area contributed by atoms with Crippen molar-refractivity contribution in [2.75, 3.05) is 38.7 Å². The van der Waals surface area contributed by atoms with E-state index in [2.05, 4.69) is 16.0 Å². The number of hydrogen-bond donors (Lipinski definition) is 1. The molecule has 4 rings (SSSR count). The maximum Gasteiger partial charge on any atom is 0.257 e. The predicted octanol–water partition coefficient (Wildman–Crippen LogP) is 1.73. The number of aromatic nitrogens is 2. The van der Waals surface area contributed by atoms with Gasteiger partial charge in [-0.2, -0.15) is 0 Å². The minimum absolute atomic E-state index is 0.00568. The lowest BCUT2D eigenvalue weighted by Gasteiger charge is -2.54. The third-order valence-electron chi connectivity index (χ3n) is 6.02. The number of piperidine rings is 1. The first-order valence-electron chi connectivity index (χ1n) is 9.37. The molecule has 7 nitrogen and oxygen atoms in total. The summed E-state index contributed by atoms with van der Waals surface area (Å²) >= 11 is 0. The van der Waals surface area contributed by atoms with E-state index in [1.807, 2.05) is 11.8 Å². The predicted molar refractivity (Wildman–Crippen MR) is 96.6 cm³/mol. The van der Waals surface area contributed by atoms with Crippen LogP contribution in [0.1, 0.15) is 41.7 Å². The first-order chi connectivity index (χ1) is 12.6. The molecule has 2 N–H and O–H groups in total. The number of nitrogens with zero attached hydrogens (tertiary/aromatic N) is 3. The SMILES string of the molecule is Cc1nc(N)ncc1C(=O)N1CCC[C@]2(C3=CCOCC3)COCC[C@@H]12. The Morgan fingerprint density at radius 1 is 1.38 bits per heavy atom. The summed E-state index contributed by atoms with van der Waals surface area (Å²) in [5.41, 5.74) is 8.14. The van der Waals surface area contributed by atoms with Crippen LogP contribution < -0.4 is 5.73 Å². The molecule has 3 aliphatic heterocycles. The molecule has 2 fully saturated rings. The molecule has 2 atom stereocenters. The number of aryl methyl sites for hydroxylation is 1. The van der Waals surface area contributed by atoms with Gasteiger partial charge in [0.15, 0.2) is 0 Å². The lowest BCUT2D eigenvalue weighted by atomic mass is 9.65. The largest absolute Gasteiger partial charge is 0.380 e. The molecule has 26 heavy (non-hydrogen) atoms. The monoisotopic (exact) mass is 358 g/mol. The number of fused-ring (bicyclic) bond motifs is 1. The third-order valence-corrected chi connectivity index (χ3v) is 6.02. The Kier molecular flexibility index (Phi) is 4.67. The van der Waals surface area contributed by atoms with E-state index >= 15 is 0 Å². The van der Waals surface area contributed by atoms with Crippen molar-refractivity contribution in [2.24, 2.45) is 5.41 Å². The fraction of sp³-hybridized carbons (Fsp3) is 0.632. The second kappa shape index (κ2) is 6.96. The highest BCUT2D eigenvalue weighted by Crippen LogP contribution is 2.48. The smallest absolute Gasteiger partial charge is 0.257 e. The summed E-state index contributed by atoms with van der Waals surface area (Å²) in [5.74, 6) is 0.205. The van der Waals surface area contributed by atoms with E-state index in [9.17, 15) is 4.79 Å². The molecule has 0 aliphatic carbocycles. The average molecular weight is 358 g/mol. The molecule has 140 valence electrons. The van der Waals surface area contributed by atoms with Crippen molar-refractivity contribution in [1.82, 2.24) is 14.9 Å². The van der Waals surface area contributed by atoms with Crippen molar-refractivity contribution in [3.63, 3.8) is 0 Å². The second-order valence-electron chi connectivity index (χ2n) is 7.40. The molecule has 1 amide bonds. The van der Waals surface area contributed by atoms with Gasteiger partial charge in [-0.3, -0.25) is 4.79 Å². The van der Waals surface area contributed by atoms with Crippen molar-refractivity contribution < 1.29 is 14.3 Å². The summed E-state index contributed by atoms with van der Waals surface area (Å²) in [7, 11) is 0. The van der Waals surface area contributed by atoms with Crippen LogP contribution in [-0.4, -0.2) is 59.8 Å². The Hall–Kier alpha value is -1.99. The lowest BCUT2D eigenvalue weighted by Crippen LogP contribution is -2.59. The highest BCUT2D eigenvalue weighted by atomic mass is 16.5. The zero-order valence-electron chi connectivity index (χ0n) is 15.2. The van der Waals surface area contributed by atoms with Gasteiger partial charge in [0.1, 0.15) is 0 Å². The maximum atomic E-state index is 13.3. The summed E-state index contributed by atoms with van der Waals surface area (Å²) in [6.45, 7) is 5.36. The van der Waals surface area contributed by atoms with Crippen LogP contribution in [0, 0.1) is 12.3 Å². The minimum atomic E-state index is -0.0848. The van der Waals surface area contributed by atoms with E-state index in [0.717, 1.165) is 38.8 Å². The minimum Gasteiger partial charge on any atom is -0.380 e. The fourth-order valence-electron chi connectivity index (χ4n) is 4.77. The number of carbonyl (C=O) groups excluding carboxylic acids is 1. The van der Waals surface area contributed by atoms with Gasteiger partial charge < -0.3 is 20.1 Å². The molecule has 0 saturated carbocycles. The summed E-state index contributed by atoms with van der Waals surface area (Å²) in [4.78, 5) is 23.6. The topological polar surface area (TPSA) is 90.6 Å². The highest BCUT2D eigenvalue weighted by molar-refractivity contribution is 5.95. The Morgan fingerprint density at radius 3 is 3.04 bits per heavy atom. The number of carbonyl (C=O) groups is 1. The molecular formula is C19H26N4O3. The van der Waals surface area contributed by atoms with E-state index in [0.29, 0.717) is 31.1 Å². The molecule has 0 bridgehead atoms. The molecule has 1 aromatic heterocycles. The van der Waals surface area contributed by atoms with E-state index in [1.54, 1.807) is 6.20 Å². The molecule has 1 aromatic rings. The van der Waals surface area contributed by atoms with Crippen molar-refractivity contribution in [3.05, 3.63) is 29.1 Å². The van der Waals surface area contributed by atoms with Gasteiger partial charge in [-0.15, -0.1) is 0 Å². The Balaban J connectivity index is 1.68. The Morgan fingerprint density at radius 2 is 2.27 bits per heavy atom. The zero-order valence-corrected chi connectivity index (χ0v) is 15.2. The molecule has 7 heteroatoms. The lowest BCUT2D eigenvalue weighted by molar-refractivity contribution is -0.0739. The van der Waals surface area contributed by atoms with E-state index in [1.165, 1.54) is 5.57 Å². The Labute approximate surface area is 153 Å². The van der Waals surface area contributed by atoms with Crippen LogP contribution in [0.15, 0.2) is 17.8 Å². The quantitative estimate of drug-likeness (QED) is 0.810. The van der Waals surface area contributed by atoms with Gasteiger partial charge in [0.05, 0.1) is 31.1 Å². The molecule has 0 aromatic carbocycles. The van der Waals surface area contributed by atoms with Crippen LogP contribution in [0.3, 0.4) is 0 Å². The maximum absolute atomic E-state index is 13.3. The standard InChI is InChI=1S/C19H26N4O3/c1-13-15(11-21-18(20)22-13)17(24)23-7-2-6-19(12-26-10-5-16(19)23)14-3-8-25-9-4-14/h3,11,16H,2,4-10,12H2,1H3,(H2,20,21,22)/t16-,19-/m1/s1.